The molecule has 0 spiro atoms. The number of carbonyl (C=O) groups excluding carboxylic acids is 2. The highest BCUT2D eigenvalue weighted by Crippen LogP contribution is 2.22. The van der Waals surface area contributed by atoms with Crippen LogP contribution in [-0.2, 0) is 9.59 Å². The molecule has 0 aliphatic carbocycles. The van der Waals surface area contributed by atoms with E-state index in [1.165, 1.54) is 19.1 Å². The van der Waals surface area contributed by atoms with Gasteiger partial charge in [0.25, 0.3) is 0 Å². The van der Waals surface area contributed by atoms with Crippen LogP contribution in [-0.4, -0.2) is 21.8 Å². The van der Waals surface area contributed by atoms with Gasteiger partial charge in [-0.2, -0.15) is 0 Å². The minimum absolute atomic E-state index is 0.119. The normalized spacial score (nSPS) is 11.2. The van der Waals surface area contributed by atoms with E-state index in [1.54, 1.807) is 12.1 Å². The van der Waals surface area contributed by atoms with Crippen LogP contribution in [0.3, 0.4) is 0 Å². The van der Waals surface area contributed by atoms with E-state index in [-0.39, 0.29) is 29.3 Å². The summed E-state index contributed by atoms with van der Waals surface area (Å²) in [6.07, 6.45) is 0.689. The van der Waals surface area contributed by atoms with Crippen molar-refractivity contribution in [2.24, 2.45) is 0 Å². The number of aromatic hydroxyl groups is 1. The van der Waals surface area contributed by atoms with Crippen LogP contribution in [0.1, 0.15) is 18.9 Å². The van der Waals surface area contributed by atoms with Gasteiger partial charge in [-0.05, 0) is 19.1 Å². The summed E-state index contributed by atoms with van der Waals surface area (Å²) in [5, 5.41) is 19.0. The van der Waals surface area contributed by atoms with Crippen LogP contribution in [0.2, 0.25) is 0 Å². The first-order valence-corrected chi connectivity index (χ1v) is 4.72. The SMILES string of the molecule is CC(=O)CC(=O)/C=C(\O)c1ccccc1O. The molecule has 0 saturated carbocycles. The lowest BCUT2D eigenvalue weighted by Gasteiger charge is -2.02. The molecule has 0 atom stereocenters. The molecule has 0 aliphatic rings. The predicted molar refractivity (Wildman–Crippen MR) is 59.0 cm³/mol. The van der Waals surface area contributed by atoms with Crippen LogP contribution in [0, 0.1) is 0 Å². The first-order chi connectivity index (χ1) is 7.50. The third kappa shape index (κ3) is 3.24. The summed E-state index contributed by atoms with van der Waals surface area (Å²) < 4.78 is 0. The number of Topliss-reactive ketones (excluding diaryl/α,β-unsaturated/α-hetero) is 1. The molecule has 0 unspecified atom stereocenters. The predicted octanol–water partition coefficient (Wildman–Crippen LogP) is 1.84. The number of phenols is 1. The largest absolute Gasteiger partial charge is 0.507 e. The molecule has 4 heteroatoms. The zero-order valence-electron chi connectivity index (χ0n) is 8.80. The zero-order chi connectivity index (χ0) is 12.1. The van der Waals surface area contributed by atoms with Crippen molar-refractivity contribution in [3.05, 3.63) is 35.9 Å². The molecular weight excluding hydrogens is 208 g/mol. The van der Waals surface area contributed by atoms with Gasteiger partial charge in [-0.1, -0.05) is 12.1 Å². The third-order valence-electron chi connectivity index (χ3n) is 1.90. The molecule has 84 valence electrons. The van der Waals surface area contributed by atoms with Crippen LogP contribution in [0.15, 0.2) is 30.3 Å². The molecule has 0 aromatic heterocycles. The van der Waals surface area contributed by atoms with E-state index in [9.17, 15) is 19.8 Å². The highest BCUT2D eigenvalue weighted by atomic mass is 16.3. The Hall–Kier alpha value is -2.10. The number of benzene rings is 1. The molecule has 1 rings (SSSR count). The second kappa shape index (κ2) is 5.11. The maximum atomic E-state index is 11.2. The number of allylic oxidation sites excluding steroid dienone is 1. The maximum Gasteiger partial charge on any atom is 0.166 e. The third-order valence-corrected chi connectivity index (χ3v) is 1.90. The van der Waals surface area contributed by atoms with Crippen molar-refractivity contribution in [2.45, 2.75) is 13.3 Å². The van der Waals surface area contributed by atoms with Crippen LogP contribution in [0.4, 0.5) is 0 Å². The lowest BCUT2D eigenvalue weighted by atomic mass is 10.1. The van der Waals surface area contributed by atoms with Crippen LogP contribution in [0.5, 0.6) is 5.75 Å². The second-order valence-electron chi connectivity index (χ2n) is 3.39. The molecule has 4 nitrogen and oxygen atoms in total. The van der Waals surface area contributed by atoms with Gasteiger partial charge >= 0.3 is 0 Å². The molecule has 0 amide bonds. The van der Waals surface area contributed by atoms with Gasteiger partial charge in [0.1, 0.15) is 17.3 Å². The van der Waals surface area contributed by atoms with Gasteiger partial charge in [-0.3, -0.25) is 9.59 Å². The molecule has 0 saturated heterocycles. The van der Waals surface area contributed by atoms with E-state index in [0.717, 1.165) is 6.08 Å². The van der Waals surface area contributed by atoms with E-state index >= 15 is 0 Å². The molecule has 2 N–H and O–H groups in total. The van der Waals surface area contributed by atoms with E-state index in [0.29, 0.717) is 0 Å². The number of para-hydroxylation sites is 1. The number of aliphatic hydroxyl groups excluding tert-OH is 1. The summed E-state index contributed by atoms with van der Waals surface area (Å²) in [6, 6.07) is 6.09. The van der Waals surface area contributed by atoms with Crippen LogP contribution in [0.25, 0.3) is 5.76 Å². The van der Waals surface area contributed by atoms with Crippen molar-refractivity contribution in [3.63, 3.8) is 0 Å². The van der Waals surface area contributed by atoms with Crippen LogP contribution >= 0.6 is 0 Å². The summed E-state index contributed by atoms with van der Waals surface area (Å²) in [6.45, 7) is 1.29. The van der Waals surface area contributed by atoms with E-state index in [1.807, 2.05) is 0 Å². The van der Waals surface area contributed by atoms with Gasteiger partial charge in [0, 0.05) is 6.08 Å². The Morgan fingerprint density at radius 1 is 1.31 bits per heavy atom. The van der Waals surface area contributed by atoms with E-state index < -0.39 is 5.78 Å². The van der Waals surface area contributed by atoms with Crippen molar-refractivity contribution < 1.29 is 19.8 Å². The van der Waals surface area contributed by atoms with Crippen LogP contribution < -0.4 is 0 Å². The summed E-state index contributed by atoms with van der Waals surface area (Å²) in [4.78, 5) is 21.9. The maximum absolute atomic E-state index is 11.2. The smallest absolute Gasteiger partial charge is 0.166 e. The Labute approximate surface area is 92.8 Å². The average molecular weight is 220 g/mol. The topological polar surface area (TPSA) is 74.6 Å². The fourth-order valence-corrected chi connectivity index (χ4v) is 1.22. The van der Waals surface area contributed by atoms with Gasteiger partial charge in [0.15, 0.2) is 5.78 Å². The molecule has 0 fully saturated rings. The Bertz CT molecular complexity index is 446. The lowest BCUT2D eigenvalue weighted by Crippen LogP contribution is -2.01. The van der Waals surface area contributed by atoms with Crippen molar-refractivity contribution in [3.8, 4) is 5.75 Å². The van der Waals surface area contributed by atoms with Crippen molar-refractivity contribution in [1.82, 2.24) is 0 Å². The number of aliphatic hydroxyl groups is 1. The van der Waals surface area contributed by atoms with Crippen molar-refractivity contribution in [1.29, 1.82) is 0 Å². The fraction of sp³-hybridized carbons (Fsp3) is 0.167. The Kier molecular flexibility index (Phi) is 3.83. The summed E-state index contributed by atoms with van der Waals surface area (Å²) in [7, 11) is 0. The number of phenolic OH excluding ortho intramolecular Hbond substituents is 1. The van der Waals surface area contributed by atoms with Gasteiger partial charge in [-0.15, -0.1) is 0 Å². The number of carbonyl (C=O) groups is 2. The highest BCUT2D eigenvalue weighted by Gasteiger charge is 2.08. The van der Waals surface area contributed by atoms with E-state index in [4.69, 9.17) is 0 Å². The Morgan fingerprint density at radius 2 is 1.94 bits per heavy atom. The number of hydrogen-bond donors (Lipinski definition) is 2. The standard InChI is InChI=1S/C12H12O4/c1-8(13)6-9(14)7-12(16)10-4-2-3-5-11(10)15/h2-5,7,15-16H,6H2,1H3/b12-7-. The molecule has 0 radical (unpaired) electrons. The van der Waals surface area contributed by atoms with Crippen molar-refractivity contribution >= 4 is 17.3 Å². The molecule has 0 bridgehead atoms. The lowest BCUT2D eigenvalue weighted by molar-refractivity contribution is -0.123. The molecule has 1 aromatic rings. The summed E-state index contributed by atoms with van der Waals surface area (Å²) in [5.74, 6) is -1.23. The molecular formula is C12H12O4. The van der Waals surface area contributed by atoms with Gasteiger partial charge in [0.2, 0.25) is 0 Å². The molecule has 0 heterocycles. The van der Waals surface area contributed by atoms with E-state index in [2.05, 4.69) is 0 Å². The van der Waals surface area contributed by atoms with Gasteiger partial charge in [0.05, 0.1) is 12.0 Å². The second-order valence-corrected chi connectivity index (χ2v) is 3.39. The monoisotopic (exact) mass is 220 g/mol. The van der Waals surface area contributed by atoms with Gasteiger partial charge in [-0.25, -0.2) is 0 Å². The van der Waals surface area contributed by atoms with Gasteiger partial charge < -0.3 is 10.2 Å². The fourth-order valence-electron chi connectivity index (χ4n) is 1.22. The Balaban J connectivity index is 2.90. The minimum atomic E-state index is -0.492. The highest BCUT2D eigenvalue weighted by molar-refractivity contribution is 6.06. The number of rotatable bonds is 4. The Morgan fingerprint density at radius 3 is 2.50 bits per heavy atom. The first kappa shape index (κ1) is 12.0. The van der Waals surface area contributed by atoms with Crippen molar-refractivity contribution in [2.75, 3.05) is 0 Å². The number of ketones is 2. The zero-order valence-corrected chi connectivity index (χ0v) is 8.80. The first-order valence-electron chi connectivity index (χ1n) is 4.72. The quantitative estimate of drug-likeness (QED) is 0.461. The minimum Gasteiger partial charge on any atom is -0.507 e. The number of hydrogen-bond acceptors (Lipinski definition) is 4. The summed E-state index contributed by atoms with van der Waals surface area (Å²) in [5.41, 5.74) is 0.166. The molecule has 1 aromatic carbocycles. The average Bonchev–Trinajstić information content (AvgIpc) is 2.16. The summed E-state index contributed by atoms with van der Waals surface area (Å²) >= 11 is 0. The molecule has 16 heavy (non-hydrogen) atoms. The molecule has 0 aliphatic heterocycles.